The molecular formula is C18H18ClN3O4. The number of anilines is 1. The maximum atomic E-state index is 12.6. The number of hydrogen-bond donors (Lipinski definition) is 1. The molecule has 1 aromatic heterocycles. The van der Waals surface area contributed by atoms with E-state index in [0.717, 1.165) is 4.90 Å². The molecule has 0 bridgehead atoms. The summed E-state index contributed by atoms with van der Waals surface area (Å²) in [5, 5.41) is 3.17. The number of amides is 3. The molecule has 1 aromatic carbocycles. The van der Waals surface area contributed by atoms with Gasteiger partial charge in [0.2, 0.25) is 5.88 Å². The number of rotatable bonds is 5. The Morgan fingerprint density at radius 1 is 1.27 bits per heavy atom. The molecule has 136 valence electrons. The molecular weight excluding hydrogens is 358 g/mol. The maximum Gasteiger partial charge on any atom is 0.329 e. The van der Waals surface area contributed by atoms with Crippen molar-refractivity contribution < 1.29 is 19.1 Å². The number of ether oxygens (including phenoxy) is 2. The number of imide groups is 1. The van der Waals surface area contributed by atoms with Crippen molar-refractivity contribution in [2.45, 2.75) is 25.8 Å². The highest BCUT2D eigenvalue weighted by molar-refractivity contribution is 6.32. The number of nitrogens with zero attached hydrogens (tertiary/aromatic N) is 2. The number of urea groups is 1. The van der Waals surface area contributed by atoms with Crippen molar-refractivity contribution in [2.24, 2.45) is 0 Å². The first kappa shape index (κ1) is 18.0. The van der Waals surface area contributed by atoms with Crippen LogP contribution in [0.15, 0.2) is 36.5 Å². The molecule has 0 unspecified atom stereocenters. The molecule has 1 atom stereocenters. The van der Waals surface area contributed by atoms with E-state index in [9.17, 15) is 9.59 Å². The summed E-state index contributed by atoms with van der Waals surface area (Å²) in [7, 11) is 1.51. The van der Waals surface area contributed by atoms with Crippen molar-refractivity contribution in [1.29, 1.82) is 0 Å². The van der Waals surface area contributed by atoms with Crippen LogP contribution in [0.3, 0.4) is 0 Å². The van der Waals surface area contributed by atoms with E-state index < -0.39 is 11.6 Å². The molecule has 2 heterocycles. The zero-order valence-electron chi connectivity index (χ0n) is 14.6. The number of carbonyl (C=O) groups excluding carboxylic acids is 2. The fraction of sp³-hybridized carbons (Fsp3) is 0.278. The smallest absolute Gasteiger partial charge is 0.329 e. The van der Waals surface area contributed by atoms with E-state index in [0.29, 0.717) is 28.6 Å². The van der Waals surface area contributed by atoms with Gasteiger partial charge in [-0.15, -0.1) is 0 Å². The lowest BCUT2D eigenvalue weighted by atomic mass is 9.99. The van der Waals surface area contributed by atoms with Crippen molar-refractivity contribution in [3.05, 3.63) is 41.6 Å². The first-order chi connectivity index (χ1) is 12.4. The summed E-state index contributed by atoms with van der Waals surface area (Å²) >= 11 is 6.00. The Morgan fingerprint density at radius 2 is 2.04 bits per heavy atom. The zero-order chi connectivity index (χ0) is 18.9. The van der Waals surface area contributed by atoms with Gasteiger partial charge in [0.25, 0.3) is 5.91 Å². The highest BCUT2D eigenvalue weighted by Crippen LogP contribution is 2.33. The third-order valence-electron chi connectivity index (χ3n) is 4.29. The van der Waals surface area contributed by atoms with Gasteiger partial charge in [-0.05, 0) is 31.5 Å². The highest BCUT2D eigenvalue weighted by Gasteiger charge is 2.47. The molecule has 26 heavy (non-hydrogen) atoms. The Balaban J connectivity index is 1.87. The van der Waals surface area contributed by atoms with Gasteiger partial charge in [-0.25, -0.2) is 14.7 Å². The molecule has 7 nitrogen and oxygen atoms in total. The Hall–Kier alpha value is -2.80. The summed E-state index contributed by atoms with van der Waals surface area (Å²) in [6.45, 7) is 3.54. The normalized spacial score (nSPS) is 19.5. The number of hydrogen-bond acceptors (Lipinski definition) is 5. The van der Waals surface area contributed by atoms with Crippen molar-refractivity contribution in [3.8, 4) is 17.4 Å². The second-order valence-electron chi connectivity index (χ2n) is 6.01. The Labute approximate surface area is 155 Å². The van der Waals surface area contributed by atoms with Crippen LogP contribution in [0, 0.1) is 0 Å². The van der Waals surface area contributed by atoms with E-state index in [-0.39, 0.29) is 11.8 Å². The van der Waals surface area contributed by atoms with Gasteiger partial charge in [0, 0.05) is 18.3 Å². The van der Waals surface area contributed by atoms with Crippen molar-refractivity contribution in [2.75, 3.05) is 12.0 Å². The third-order valence-corrected chi connectivity index (χ3v) is 4.60. The molecule has 2 aromatic rings. The van der Waals surface area contributed by atoms with Crippen LogP contribution >= 0.6 is 11.6 Å². The van der Waals surface area contributed by atoms with Gasteiger partial charge in [-0.3, -0.25) is 4.79 Å². The molecule has 1 N–H and O–H groups in total. The van der Waals surface area contributed by atoms with Crippen LogP contribution in [0.25, 0.3) is 0 Å². The van der Waals surface area contributed by atoms with Crippen molar-refractivity contribution in [1.82, 2.24) is 10.3 Å². The Bertz CT molecular complexity index is 873. The van der Waals surface area contributed by atoms with E-state index in [1.54, 1.807) is 31.2 Å². The quantitative estimate of drug-likeness (QED) is 0.805. The minimum Gasteiger partial charge on any atom is -0.495 e. The van der Waals surface area contributed by atoms with Gasteiger partial charge >= 0.3 is 6.03 Å². The standard InChI is InChI=1S/C18H18ClN3O4/c1-4-18(2)16(23)22(17(24)21-18)11-7-8-20-15(9-11)26-12-5-6-13(19)14(10-12)25-3/h5-10H,4H2,1-3H3,(H,21,24)/t18-/m1/s1. The lowest BCUT2D eigenvalue weighted by molar-refractivity contribution is -0.121. The van der Waals surface area contributed by atoms with Gasteiger partial charge in [-0.2, -0.15) is 0 Å². The van der Waals surface area contributed by atoms with E-state index in [1.165, 1.54) is 19.4 Å². The number of carbonyl (C=O) groups is 2. The molecule has 0 spiro atoms. The molecule has 0 radical (unpaired) electrons. The van der Waals surface area contributed by atoms with Crippen LogP contribution in [0.4, 0.5) is 10.5 Å². The second-order valence-corrected chi connectivity index (χ2v) is 6.41. The van der Waals surface area contributed by atoms with E-state index in [2.05, 4.69) is 10.3 Å². The van der Waals surface area contributed by atoms with Crippen LogP contribution in [-0.2, 0) is 4.79 Å². The molecule has 1 aliphatic rings. The number of benzene rings is 1. The number of halogens is 1. The molecule has 1 aliphatic heterocycles. The van der Waals surface area contributed by atoms with Gasteiger partial charge in [0.1, 0.15) is 17.0 Å². The van der Waals surface area contributed by atoms with Crippen LogP contribution in [-0.4, -0.2) is 29.6 Å². The fourth-order valence-corrected chi connectivity index (χ4v) is 2.77. The second kappa shape index (κ2) is 6.84. The third kappa shape index (κ3) is 3.17. The van der Waals surface area contributed by atoms with Crippen LogP contribution in [0.5, 0.6) is 17.4 Å². The molecule has 1 saturated heterocycles. The van der Waals surface area contributed by atoms with Gasteiger partial charge in [-0.1, -0.05) is 18.5 Å². The van der Waals surface area contributed by atoms with E-state index in [4.69, 9.17) is 21.1 Å². The monoisotopic (exact) mass is 375 g/mol. The maximum absolute atomic E-state index is 12.6. The predicted octanol–water partition coefficient (Wildman–Crippen LogP) is 3.76. The molecule has 3 rings (SSSR count). The summed E-state index contributed by atoms with van der Waals surface area (Å²) in [5.41, 5.74) is -0.527. The summed E-state index contributed by atoms with van der Waals surface area (Å²) in [4.78, 5) is 30.1. The van der Waals surface area contributed by atoms with Crippen LogP contribution < -0.4 is 19.7 Å². The lowest BCUT2D eigenvalue weighted by Crippen LogP contribution is -2.43. The summed E-state index contributed by atoms with van der Waals surface area (Å²) in [6.07, 6.45) is 1.97. The summed E-state index contributed by atoms with van der Waals surface area (Å²) in [6, 6.07) is 7.57. The predicted molar refractivity (Wildman–Crippen MR) is 97.0 cm³/mol. The summed E-state index contributed by atoms with van der Waals surface area (Å²) in [5.74, 6) is 0.854. The zero-order valence-corrected chi connectivity index (χ0v) is 15.3. The molecule has 3 amide bonds. The molecule has 8 heteroatoms. The van der Waals surface area contributed by atoms with Gasteiger partial charge in [0.15, 0.2) is 0 Å². The highest BCUT2D eigenvalue weighted by atomic mass is 35.5. The van der Waals surface area contributed by atoms with E-state index in [1.807, 2.05) is 6.92 Å². The lowest BCUT2D eigenvalue weighted by Gasteiger charge is -2.19. The molecule has 0 aliphatic carbocycles. The Kier molecular flexibility index (Phi) is 4.73. The fourth-order valence-electron chi connectivity index (χ4n) is 2.58. The van der Waals surface area contributed by atoms with Gasteiger partial charge in [0.05, 0.1) is 17.8 Å². The number of aromatic nitrogens is 1. The minimum atomic E-state index is -0.912. The topological polar surface area (TPSA) is 80.8 Å². The SMILES string of the molecule is CC[C@@]1(C)NC(=O)N(c2ccnc(Oc3ccc(Cl)c(OC)c3)c2)C1=O. The largest absolute Gasteiger partial charge is 0.495 e. The summed E-state index contributed by atoms with van der Waals surface area (Å²) < 4.78 is 10.9. The average Bonchev–Trinajstić information content (AvgIpc) is 2.86. The van der Waals surface area contributed by atoms with Gasteiger partial charge < -0.3 is 14.8 Å². The van der Waals surface area contributed by atoms with Crippen molar-refractivity contribution in [3.63, 3.8) is 0 Å². The van der Waals surface area contributed by atoms with Crippen LogP contribution in [0.1, 0.15) is 20.3 Å². The molecule has 1 fully saturated rings. The number of nitrogens with one attached hydrogen (secondary N) is 1. The van der Waals surface area contributed by atoms with Crippen molar-refractivity contribution >= 4 is 29.2 Å². The van der Waals surface area contributed by atoms with E-state index >= 15 is 0 Å². The number of methoxy groups -OCH3 is 1. The average molecular weight is 376 g/mol. The minimum absolute atomic E-state index is 0.234. The number of pyridine rings is 1. The Morgan fingerprint density at radius 3 is 2.69 bits per heavy atom. The first-order valence-corrected chi connectivity index (χ1v) is 8.40. The first-order valence-electron chi connectivity index (χ1n) is 8.02. The molecule has 0 saturated carbocycles. The van der Waals surface area contributed by atoms with Crippen LogP contribution in [0.2, 0.25) is 5.02 Å².